The van der Waals surface area contributed by atoms with Gasteiger partial charge in [0.15, 0.2) is 0 Å². The minimum Gasteiger partial charge on any atom is -0.344 e. The highest BCUT2D eigenvalue weighted by molar-refractivity contribution is 9.09. The van der Waals surface area contributed by atoms with Crippen LogP contribution in [0.2, 0.25) is 0 Å². The van der Waals surface area contributed by atoms with Crippen molar-refractivity contribution >= 4 is 49.1 Å². The third-order valence-corrected chi connectivity index (χ3v) is 6.18. The molecule has 1 aromatic heterocycles. The predicted octanol–water partition coefficient (Wildman–Crippen LogP) is 3.98. The molecule has 0 aliphatic carbocycles. The zero-order chi connectivity index (χ0) is 12.9. The van der Waals surface area contributed by atoms with E-state index in [-0.39, 0.29) is 11.4 Å². The quantitative estimate of drug-likeness (QED) is 0.740. The Morgan fingerprint density at radius 3 is 2.41 bits per heavy atom. The molecule has 96 valence electrons. The van der Waals surface area contributed by atoms with Crippen LogP contribution < -0.4 is 5.32 Å². The van der Waals surface area contributed by atoms with Crippen molar-refractivity contribution in [1.29, 1.82) is 0 Å². The number of carbonyl (C=O) groups excluding carboxylic acids is 1. The van der Waals surface area contributed by atoms with Gasteiger partial charge in [-0.2, -0.15) is 0 Å². The van der Waals surface area contributed by atoms with Crippen LogP contribution in [-0.2, 0) is 6.42 Å². The van der Waals surface area contributed by atoms with E-state index in [0.29, 0.717) is 0 Å². The SMILES string of the molecule is CCc1ccc(C(=O)NC(CC)(CBr)CBr)s1. The lowest BCUT2D eigenvalue weighted by Crippen LogP contribution is -2.50. The van der Waals surface area contributed by atoms with Crippen LogP contribution in [0.3, 0.4) is 0 Å². The fourth-order valence-corrected chi connectivity index (χ4v) is 4.22. The van der Waals surface area contributed by atoms with Gasteiger partial charge in [0.2, 0.25) is 0 Å². The third-order valence-electron chi connectivity index (χ3n) is 2.80. The van der Waals surface area contributed by atoms with E-state index in [1.165, 1.54) is 4.88 Å². The van der Waals surface area contributed by atoms with Crippen LogP contribution >= 0.6 is 43.2 Å². The summed E-state index contributed by atoms with van der Waals surface area (Å²) >= 11 is 8.51. The van der Waals surface area contributed by atoms with Gasteiger partial charge in [-0.05, 0) is 25.0 Å². The Hall–Kier alpha value is 0.130. The van der Waals surface area contributed by atoms with Gasteiger partial charge in [-0.3, -0.25) is 4.79 Å². The van der Waals surface area contributed by atoms with Gasteiger partial charge in [-0.25, -0.2) is 0 Å². The molecular formula is C12H17Br2NOS. The van der Waals surface area contributed by atoms with Crippen molar-refractivity contribution in [2.24, 2.45) is 0 Å². The van der Waals surface area contributed by atoms with Gasteiger partial charge in [0.25, 0.3) is 5.91 Å². The molecule has 0 saturated carbocycles. The van der Waals surface area contributed by atoms with Gasteiger partial charge in [0.1, 0.15) is 0 Å². The topological polar surface area (TPSA) is 29.1 Å². The Kier molecular flexibility index (Phi) is 6.17. The molecule has 1 heterocycles. The minimum atomic E-state index is -0.201. The first-order chi connectivity index (χ1) is 8.10. The molecule has 1 rings (SSSR count). The molecule has 1 N–H and O–H groups in total. The molecule has 0 bridgehead atoms. The molecular weight excluding hydrogens is 366 g/mol. The maximum atomic E-state index is 12.1. The Bertz CT molecular complexity index is 366. The van der Waals surface area contributed by atoms with E-state index >= 15 is 0 Å². The van der Waals surface area contributed by atoms with E-state index in [1.807, 2.05) is 12.1 Å². The summed E-state index contributed by atoms with van der Waals surface area (Å²) in [6, 6.07) is 3.93. The van der Waals surface area contributed by atoms with Crippen LogP contribution in [0.25, 0.3) is 0 Å². The summed E-state index contributed by atoms with van der Waals surface area (Å²) in [5.41, 5.74) is -0.201. The summed E-state index contributed by atoms with van der Waals surface area (Å²) in [5.74, 6) is 0.0236. The van der Waals surface area contributed by atoms with Crippen molar-refractivity contribution in [2.45, 2.75) is 32.2 Å². The first-order valence-electron chi connectivity index (χ1n) is 5.64. The molecule has 1 amide bonds. The van der Waals surface area contributed by atoms with Crippen LogP contribution in [0.4, 0.5) is 0 Å². The Morgan fingerprint density at radius 2 is 2.00 bits per heavy atom. The third kappa shape index (κ3) is 3.80. The Labute approximate surface area is 123 Å². The van der Waals surface area contributed by atoms with Crippen molar-refractivity contribution < 1.29 is 4.79 Å². The summed E-state index contributed by atoms with van der Waals surface area (Å²) < 4.78 is 0. The highest BCUT2D eigenvalue weighted by Crippen LogP contribution is 2.21. The van der Waals surface area contributed by atoms with E-state index in [1.54, 1.807) is 11.3 Å². The van der Waals surface area contributed by atoms with Crippen LogP contribution in [-0.4, -0.2) is 22.1 Å². The smallest absolute Gasteiger partial charge is 0.261 e. The molecule has 5 heteroatoms. The average molecular weight is 383 g/mol. The van der Waals surface area contributed by atoms with E-state index in [4.69, 9.17) is 0 Å². The van der Waals surface area contributed by atoms with Crippen molar-refractivity contribution in [1.82, 2.24) is 5.32 Å². The molecule has 0 aromatic carbocycles. The van der Waals surface area contributed by atoms with Gasteiger partial charge in [-0.15, -0.1) is 11.3 Å². The summed E-state index contributed by atoms with van der Waals surface area (Å²) in [5, 5.41) is 4.61. The molecule has 0 atom stereocenters. The molecule has 0 radical (unpaired) electrons. The highest BCUT2D eigenvalue weighted by atomic mass is 79.9. The van der Waals surface area contributed by atoms with Crippen LogP contribution in [0.5, 0.6) is 0 Å². The zero-order valence-electron chi connectivity index (χ0n) is 10.1. The number of alkyl halides is 2. The predicted molar refractivity (Wildman–Crippen MR) is 81.8 cm³/mol. The second kappa shape index (κ2) is 6.90. The first kappa shape index (κ1) is 15.2. The largest absolute Gasteiger partial charge is 0.344 e. The molecule has 0 aliphatic heterocycles. The number of amides is 1. The zero-order valence-corrected chi connectivity index (χ0v) is 14.0. The maximum absolute atomic E-state index is 12.1. The molecule has 0 spiro atoms. The van der Waals surface area contributed by atoms with Crippen molar-refractivity contribution in [2.75, 3.05) is 10.7 Å². The van der Waals surface area contributed by atoms with Gasteiger partial charge in [0.05, 0.1) is 10.4 Å². The number of rotatable bonds is 6. The summed E-state index contributed by atoms with van der Waals surface area (Å²) in [4.78, 5) is 14.2. The normalized spacial score (nSPS) is 11.5. The van der Waals surface area contributed by atoms with E-state index < -0.39 is 0 Å². The summed E-state index contributed by atoms with van der Waals surface area (Å²) in [6.45, 7) is 4.18. The standard InChI is InChI=1S/C12H17Br2NOS/c1-3-9-5-6-10(17-9)11(16)15-12(4-2,7-13)8-14/h5-6H,3-4,7-8H2,1-2H3,(H,15,16). The average Bonchev–Trinajstić information content (AvgIpc) is 2.85. The van der Waals surface area contributed by atoms with Crippen molar-refractivity contribution in [3.63, 3.8) is 0 Å². The summed E-state index contributed by atoms with van der Waals surface area (Å²) in [6.07, 6.45) is 1.87. The van der Waals surface area contributed by atoms with Crippen LogP contribution in [0.1, 0.15) is 34.8 Å². The second-order valence-corrected chi connectivity index (χ2v) is 6.26. The number of carbonyl (C=O) groups is 1. The number of hydrogen-bond donors (Lipinski definition) is 1. The highest BCUT2D eigenvalue weighted by Gasteiger charge is 2.28. The number of hydrogen-bond acceptors (Lipinski definition) is 2. The molecule has 17 heavy (non-hydrogen) atoms. The molecule has 0 saturated heterocycles. The number of halogens is 2. The van der Waals surface area contributed by atoms with Gasteiger partial charge in [0, 0.05) is 15.5 Å². The fourth-order valence-electron chi connectivity index (χ4n) is 1.37. The molecule has 0 aliphatic rings. The first-order valence-corrected chi connectivity index (χ1v) is 8.70. The monoisotopic (exact) mass is 381 g/mol. The maximum Gasteiger partial charge on any atom is 0.261 e. The minimum absolute atomic E-state index is 0.0236. The van der Waals surface area contributed by atoms with Crippen molar-refractivity contribution in [3.05, 3.63) is 21.9 Å². The van der Waals surface area contributed by atoms with Crippen molar-refractivity contribution in [3.8, 4) is 0 Å². The van der Waals surface area contributed by atoms with Gasteiger partial charge >= 0.3 is 0 Å². The van der Waals surface area contributed by atoms with E-state index in [0.717, 1.165) is 28.4 Å². The number of thiophene rings is 1. The van der Waals surface area contributed by atoms with E-state index in [9.17, 15) is 4.79 Å². The summed E-state index contributed by atoms with van der Waals surface area (Å²) in [7, 11) is 0. The lowest BCUT2D eigenvalue weighted by molar-refractivity contribution is 0.0919. The van der Waals surface area contributed by atoms with E-state index in [2.05, 4.69) is 51.0 Å². The van der Waals surface area contributed by atoms with Crippen LogP contribution in [0, 0.1) is 0 Å². The Balaban J connectivity index is 2.77. The fraction of sp³-hybridized carbons (Fsp3) is 0.583. The van der Waals surface area contributed by atoms with Crippen LogP contribution in [0.15, 0.2) is 12.1 Å². The Morgan fingerprint density at radius 1 is 1.35 bits per heavy atom. The molecule has 1 aromatic rings. The van der Waals surface area contributed by atoms with Gasteiger partial charge < -0.3 is 5.32 Å². The lowest BCUT2D eigenvalue weighted by atomic mass is 10.0. The van der Waals surface area contributed by atoms with Gasteiger partial charge in [-0.1, -0.05) is 45.7 Å². The molecule has 0 unspecified atom stereocenters. The number of aryl methyl sites for hydroxylation is 1. The molecule has 0 fully saturated rings. The number of nitrogens with one attached hydrogen (secondary N) is 1. The molecule has 2 nitrogen and oxygen atoms in total. The second-order valence-electron chi connectivity index (χ2n) is 3.97. The lowest BCUT2D eigenvalue weighted by Gasteiger charge is -2.29.